The number of rotatable bonds is 14. The summed E-state index contributed by atoms with van der Waals surface area (Å²) in [6.45, 7) is 17.9. The molecule has 1 N–H and O–H groups in total. The predicted molar refractivity (Wildman–Crippen MR) is 206 cm³/mol. The van der Waals surface area contributed by atoms with Crippen molar-refractivity contribution >= 4 is 23.1 Å². The van der Waals surface area contributed by atoms with E-state index in [1.54, 1.807) is 25.1 Å². The number of benzene rings is 3. The zero-order valence-electron chi connectivity index (χ0n) is 32.0. The Morgan fingerprint density at radius 3 is 1.80 bits per heavy atom. The number of nitrogens with zero attached hydrogens (tertiary/aromatic N) is 2. The average Bonchev–Trinajstić information content (AvgIpc) is 3.67. The Balaban J connectivity index is 1.82. The standard InChI is InChI=1S/C42H45N3O9/c1-10-32-36(24(5)6)38(43-41(32)53-31-18-14-29(15-19-31)45(49)50)40(54-39-26(8)20-25(7)21-27(39)9)33-22-34(37(35(33)23(3)4)42(46)51-11-2)52-30-16-12-28(13-17-30)44(47)48/h12-24,43H,10-11H2,1-9H3/b40-33-. The molecule has 0 bridgehead atoms. The molecule has 0 saturated heterocycles. The second-order valence-corrected chi connectivity index (χ2v) is 13.7. The molecule has 0 atom stereocenters. The van der Waals surface area contributed by atoms with Crippen molar-refractivity contribution in [2.24, 2.45) is 5.92 Å². The highest BCUT2D eigenvalue weighted by Crippen LogP contribution is 2.46. The van der Waals surface area contributed by atoms with Gasteiger partial charge in [0.15, 0.2) is 5.76 Å². The number of esters is 1. The van der Waals surface area contributed by atoms with Crippen molar-refractivity contribution in [2.45, 2.75) is 74.7 Å². The molecule has 3 aromatic carbocycles. The highest BCUT2D eigenvalue weighted by Gasteiger charge is 2.36. The van der Waals surface area contributed by atoms with Crippen molar-refractivity contribution in [1.82, 2.24) is 4.98 Å². The molecule has 0 amide bonds. The van der Waals surface area contributed by atoms with Crippen LogP contribution in [-0.2, 0) is 16.0 Å². The van der Waals surface area contributed by atoms with Crippen LogP contribution in [0.3, 0.4) is 0 Å². The lowest BCUT2D eigenvalue weighted by Crippen LogP contribution is -2.15. The van der Waals surface area contributed by atoms with E-state index in [0.717, 1.165) is 27.8 Å². The Morgan fingerprint density at radius 2 is 1.33 bits per heavy atom. The first-order valence-electron chi connectivity index (χ1n) is 17.9. The number of carbonyl (C=O) groups excluding carboxylic acids is 1. The monoisotopic (exact) mass is 735 g/mol. The second-order valence-electron chi connectivity index (χ2n) is 13.7. The van der Waals surface area contributed by atoms with Gasteiger partial charge in [-0.05, 0) is 98.6 Å². The van der Waals surface area contributed by atoms with E-state index in [1.807, 2.05) is 53.7 Å². The number of hydrogen-bond donors (Lipinski definition) is 1. The molecule has 12 nitrogen and oxygen atoms in total. The van der Waals surface area contributed by atoms with Gasteiger partial charge in [0.2, 0.25) is 5.88 Å². The molecule has 1 heterocycles. The van der Waals surface area contributed by atoms with E-state index in [4.69, 9.17) is 18.9 Å². The molecule has 1 aromatic heterocycles. The highest BCUT2D eigenvalue weighted by molar-refractivity contribution is 5.98. The molecule has 0 unspecified atom stereocenters. The molecular weight excluding hydrogens is 690 g/mol. The number of allylic oxidation sites excluding steroid dienone is 3. The Morgan fingerprint density at radius 1 is 0.796 bits per heavy atom. The van der Waals surface area contributed by atoms with Crippen molar-refractivity contribution in [3.8, 4) is 23.1 Å². The van der Waals surface area contributed by atoms with E-state index in [0.29, 0.717) is 52.1 Å². The van der Waals surface area contributed by atoms with E-state index in [2.05, 4.69) is 18.8 Å². The summed E-state index contributed by atoms with van der Waals surface area (Å²) in [5.41, 5.74) is 6.62. The minimum atomic E-state index is -0.585. The fourth-order valence-corrected chi connectivity index (χ4v) is 6.80. The van der Waals surface area contributed by atoms with Gasteiger partial charge in [-0.1, -0.05) is 52.3 Å². The Bertz CT molecular complexity index is 2170. The van der Waals surface area contributed by atoms with Gasteiger partial charge in [-0.15, -0.1) is 0 Å². The second kappa shape index (κ2) is 16.2. The first-order valence-corrected chi connectivity index (χ1v) is 17.9. The zero-order valence-corrected chi connectivity index (χ0v) is 32.0. The van der Waals surface area contributed by atoms with E-state index >= 15 is 0 Å². The lowest BCUT2D eigenvalue weighted by molar-refractivity contribution is -0.385. The number of carbonyl (C=O) groups is 1. The van der Waals surface area contributed by atoms with Gasteiger partial charge in [-0.2, -0.15) is 0 Å². The molecule has 4 aromatic rings. The van der Waals surface area contributed by atoms with Crippen LogP contribution >= 0.6 is 0 Å². The summed E-state index contributed by atoms with van der Waals surface area (Å²) in [6.07, 6.45) is 2.34. The molecule has 0 fully saturated rings. The predicted octanol–water partition coefficient (Wildman–Crippen LogP) is 10.5. The Labute approximate surface area is 314 Å². The third kappa shape index (κ3) is 8.07. The molecule has 0 radical (unpaired) electrons. The van der Waals surface area contributed by atoms with Gasteiger partial charge >= 0.3 is 5.97 Å². The summed E-state index contributed by atoms with van der Waals surface area (Å²) in [4.78, 5) is 39.1. The normalized spacial score (nSPS) is 13.6. The molecule has 5 rings (SSSR count). The number of non-ortho nitro benzene ring substituents is 2. The van der Waals surface area contributed by atoms with E-state index in [9.17, 15) is 25.0 Å². The third-order valence-corrected chi connectivity index (χ3v) is 9.00. The van der Waals surface area contributed by atoms with Crippen LogP contribution in [0, 0.1) is 46.9 Å². The van der Waals surface area contributed by atoms with E-state index < -0.39 is 15.8 Å². The van der Waals surface area contributed by atoms with Crippen molar-refractivity contribution in [3.05, 3.63) is 143 Å². The van der Waals surface area contributed by atoms with Crippen LogP contribution in [0.15, 0.2) is 89.2 Å². The number of nitro benzene ring substituents is 2. The average molecular weight is 736 g/mol. The molecule has 1 aliphatic carbocycles. The highest BCUT2D eigenvalue weighted by atomic mass is 16.6. The minimum absolute atomic E-state index is 0.0305. The van der Waals surface area contributed by atoms with E-state index in [-0.39, 0.29) is 41.1 Å². The van der Waals surface area contributed by atoms with Gasteiger partial charge in [0.25, 0.3) is 11.4 Å². The quantitative estimate of drug-likeness (QED) is 0.0576. The molecule has 1 aliphatic rings. The van der Waals surface area contributed by atoms with Crippen LogP contribution in [-0.4, -0.2) is 27.4 Å². The molecule has 54 heavy (non-hydrogen) atoms. The van der Waals surface area contributed by atoms with Crippen LogP contribution < -0.4 is 14.2 Å². The first-order chi connectivity index (χ1) is 25.6. The van der Waals surface area contributed by atoms with Crippen LogP contribution in [0.2, 0.25) is 0 Å². The lowest BCUT2D eigenvalue weighted by atomic mass is 9.90. The SMILES string of the molecule is CCOC(=O)C1=C(C(C)C)/C(=C(\Oc2c(C)cc(C)cc2C)c2[nH]c(Oc3ccc([N+](=O)[O-])cc3)c(CC)c2C(C)C)C=C1Oc1ccc([N+](=O)[O-])cc1. The topological polar surface area (TPSA) is 156 Å². The summed E-state index contributed by atoms with van der Waals surface area (Å²) >= 11 is 0. The van der Waals surface area contributed by atoms with Gasteiger partial charge in [0, 0.05) is 35.4 Å². The minimum Gasteiger partial charge on any atom is -0.462 e. The number of aromatic nitrogens is 1. The van der Waals surface area contributed by atoms with Crippen LogP contribution in [0.4, 0.5) is 11.4 Å². The Hall–Kier alpha value is -6.17. The van der Waals surface area contributed by atoms with Crippen LogP contribution in [0.1, 0.15) is 81.0 Å². The number of nitrogens with one attached hydrogen (secondary N) is 1. The number of ether oxygens (including phenoxy) is 4. The van der Waals surface area contributed by atoms with Gasteiger partial charge < -0.3 is 23.9 Å². The third-order valence-electron chi connectivity index (χ3n) is 9.00. The maximum atomic E-state index is 13.8. The smallest absolute Gasteiger partial charge is 0.342 e. The zero-order chi connectivity index (χ0) is 39.4. The van der Waals surface area contributed by atoms with Gasteiger partial charge in [-0.25, -0.2) is 4.79 Å². The first kappa shape index (κ1) is 39.0. The van der Waals surface area contributed by atoms with Crippen LogP contribution in [0.5, 0.6) is 23.1 Å². The van der Waals surface area contributed by atoms with Gasteiger partial charge in [0.1, 0.15) is 28.6 Å². The van der Waals surface area contributed by atoms with Crippen molar-refractivity contribution < 1.29 is 33.6 Å². The van der Waals surface area contributed by atoms with Crippen molar-refractivity contribution in [3.63, 3.8) is 0 Å². The molecular formula is C42H45N3O9. The number of H-pyrrole nitrogens is 1. The lowest BCUT2D eigenvalue weighted by Gasteiger charge is -2.21. The summed E-state index contributed by atoms with van der Waals surface area (Å²) in [5.74, 6) is 1.58. The number of hydrogen-bond acceptors (Lipinski definition) is 9. The molecule has 282 valence electrons. The Kier molecular flexibility index (Phi) is 11.7. The van der Waals surface area contributed by atoms with Crippen molar-refractivity contribution in [2.75, 3.05) is 6.61 Å². The van der Waals surface area contributed by atoms with Crippen molar-refractivity contribution in [1.29, 1.82) is 0 Å². The molecule has 0 spiro atoms. The molecule has 12 heteroatoms. The van der Waals surface area contributed by atoms with E-state index in [1.165, 1.54) is 36.4 Å². The fourth-order valence-electron chi connectivity index (χ4n) is 6.80. The summed E-state index contributed by atoms with van der Waals surface area (Å²) in [7, 11) is 0. The number of nitro groups is 2. The van der Waals surface area contributed by atoms with Gasteiger partial charge in [0.05, 0.1) is 22.1 Å². The maximum Gasteiger partial charge on any atom is 0.342 e. The maximum absolute atomic E-state index is 13.8. The van der Waals surface area contributed by atoms with Crippen LogP contribution in [0.25, 0.3) is 5.76 Å². The summed E-state index contributed by atoms with van der Waals surface area (Å²) in [6, 6.07) is 15.6. The van der Waals surface area contributed by atoms with Gasteiger partial charge in [-0.3, -0.25) is 20.2 Å². The summed E-state index contributed by atoms with van der Waals surface area (Å²) in [5, 5.41) is 22.7. The molecule has 0 saturated carbocycles. The number of aryl methyl sites for hydroxylation is 3. The number of aromatic amines is 1. The fraction of sp³-hybridized carbons (Fsp3) is 0.310. The largest absolute Gasteiger partial charge is 0.462 e. The summed E-state index contributed by atoms with van der Waals surface area (Å²) < 4.78 is 25.4. The molecule has 0 aliphatic heterocycles.